The highest BCUT2D eigenvalue weighted by atomic mass is 35.5. The molecule has 0 heterocycles. The molecule has 0 atom stereocenters. The van der Waals surface area contributed by atoms with Crippen molar-refractivity contribution < 1.29 is 13.9 Å². The van der Waals surface area contributed by atoms with Crippen LogP contribution in [0.25, 0.3) is 0 Å². The number of ketones is 1. The van der Waals surface area contributed by atoms with E-state index in [2.05, 4.69) is 0 Å². The summed E-state index contributed by atoms with van der Waals surface area (Å²) in [5.41, 5.74) is 6.60. The molecule has 2 aromatic carbocycles. The summed E-state index contributed by atoms with van der Waals surface area (Å²) in [5.74, 6) is 0.124. The monoisotopic (exact) mass is 279 g/mol. The summed E-state index contributed by atoms with van der Waals surface area (Å²) < 4.78 is 18.4. The fourth-order valence-electron chi connectivity index (χ4n) is 1.54. The van der Waals surface area contributed by atoms with Gasteiger partial charge in [0.25, 0.3) is 0 Å². The first-order valence-electron chi connectivity index (χ1n) is 5.51. The zero-order chi connectivity index (χ0) is 14.0. The SMILES string of the molecule is CC(=O)c1ccc(Oc2ccc(F)cc2Cl)c(N)c1. The molecule has 0 saturated carbocycles. The summed E-state index contributed by atoms with van der Waals surface area (Å²) >= 11 is 5.85. The average molecular weight is 280 g/mol. The quantitative estimate of drug-likeness (QED) is 0.681. The van der Waals surface area contributed by atoms with E-state index in [0.29, 0.717) is 22.7 Å². The molecule has 2 rings (SSSR count). The lowest BCUT2D eigenvalue weighted by molar-refractivity contribution is 0.101. The summed E-state index contributed by atoms with van der Waals surface area (Å²) in [5, 5.41) is 0.148. The number of nitrogen functional groups attached to an aromatic ring is 1. The van der Waals surface area contributed by atoms with Gasteiger partial charge in [-0.05, 0) is 43.3 Å². The van der Waals surface area contributed by atoms with Gasteiger partial charge in [0.15, 0.2) is 5.78 Å². The molecule has 3 nitrogen and oxygen atoms in total. The van der Waals surface area contributed by atoms with E-state index in [1.54, 1.807) is 12.1 Å². The van der Waals surface area contributed by atoms with Crippen molar-refractivity contribution in [2.24, 2.45) is 0 Å². The van der Waals surface area contributed by atoms with Gasteiger partial charge in [0.1, 0.15) is 17.3 Å². The highest BCUT2D eigenvalue weighted by molar-refractivity contribution is 6.32. The molecule has 2 N–H and O–H groups in total. The molecule has 0 fully saturated rings. The Balaban J connectivity index is 2.31. The number of hydrogen-bond donors (Lipinski definition) is 1. The third-order valence-electron chi connectivity index (χ3n) is 2.53. The molecule has 0 saturated heterocycles. The minimum Gasteiger partial charge on any atom is -0.454 e. The molecule has 0 aliphatic heterocycles. The predicted octanol–water partition coefficient (Wildman–Crippen LogP) is 4.06. The molecule has 0 radical (unpaired) electrons. The fraction of sp³-hybridized carbons (Fsp3) is 0.0714. The second kappa shape index (κ2) is 5.28. The van der Waals surface area contributed by atoms with E-state index < -0.39 is 5.82 Å². The molecule has 98 valence electrons. The Morgan fingerprint density at radius 1 is 1.21 bits per heavy atom. The molecule has 5 heteroatoms. The van der Waals surface area contributed by atoms with Gasteiger partial charge < -0.3 is 10.5 Å². The Kier molecular flexibility index (Phi) is 3.71. The number of rotatable bonds is 3. The molecule has 0 aliphatic carbocycles. The van der Waals surface area contributed by atoms with Crippen LogP contribution in [-0.2, 0) is 0 Å². The largest absolute Gasteiger partial charge is 0.454 e. The van der Waals surface area contributed by atoms with Gasteiger partial charge in [-0.2, -0.15) is 0 Å². The standard InChI is InChI=1S/C14H11ClFNO2/c1-8(18)9-2-4-14(12(17)6-9)19-13-5-3-10(16)7-11(13)15/h2-7H,17H2,1H3. The van der Waals surface area contributed by atoms with Crippen LogP contribution in [0.1, 0.15) is 17.3 Å². The predicted molar refractivity (Wildman–Crippen MR) is 72.3 cm³/mol. The number of nitrogens with two attached hydrogens (primary N) is 1. The molecule has 0 spiro atoms. The Bertz CT molecular complexity index is 643. The smallest absolute Gasteiger partial charge is 0.159 e. The maximum absolute atomic E-state index is 12.9. The molecule has 2 aromatic rings. The third-order valence-corrected chi connectivity index (χ3v) is 2.83. The first-order valence-corrected chi connectivity index (χ1v) is 5.88. The molecule has 0 bridgehead atoms. The van der Waals surface area contributed by atoms with E-state index in [4.69, 9.17) is 22.1 Å². The minimum absolute atomic E-state index is 0.0851. The van der Waals surface area contributed by atoms with Crippen LogP contribution in [0, 0.1) is 5.82 Å². The van der Waals surface area contributed by atoms with Crippen LogP contribution in [0.4, 0.5) is 10.1 Å². The zero-order valence-corrected chi connectivity index (χ0v) is 10.9. The van der Waals surface area contributed by atoms with Crippen molar-refractivity contribution in [3.05, 3.63) is 52.8 Å². The molecular weight excluding hydrogens is 269 g/mol. The summed E-state index contributed by atoms with van der Waals surface area (Å²) in [7, 11) is 0. The van der Waals surface area contributed by atoms with Gasteiger partial charge in [0, 0.05) is 5.56 Å². The van der Waals surface area contributed by atoms with Crippen LogP contribution in [0.5, 0.6) is 11.5 Å². The van der Waals surface area contributed by atoms with Gasteiger partial charge in [0.05, 0.1) is 10.7 Å². The van der Waals surface area contributed by atoms with E-state index in [1.165, 1.54) is 25.1 Å². The maximum Gasteiger partial charge on any atom is 0.159 e. The molecule has 0 aliphatic rings. The van der Waals surface area contributed by atoms with E-state index in [0.717, 1.165) is 6.07 Å². The Morgan fingerprint density at radius 2 is 1.89 bits per heavy atom. The fourth-order valence-corrected chi connectivity index (χ4v) is 1.74. The van der Waals surface area contributed by atoms with Crippen molar-refractivity contribution in [2.45, 2.75) is 6.92 Å². The highest BCUT2D eigenvalue weighted by Crippen LogP contribution is 2.33. The lowest BCUT2D eigenvalue weighted by Crippen LogP contribution is -1.97. The Hall–Kier alpha value is -2.07. The van der Waals surface area contributed by atoms with E-state index in [1.807, 2.05) is 0 Å². The average Bonchev–Trinajstić information content (AvgIpc) is 2.34. The van der Waals surface area contributed by atoms with Gasteiger partial charge >= 0.3 is 0 Å². The molecule has 0 amide bonds. The topological polar surface area (TPSA) is 52.3 Å². The van der Waals surface area contributed by atoms with Crippen LogP contribution in [-0.4, -0.2) is 5.78 Å². The number of benzene rings is 2. The van der Waals surface area contributed by atoms with Gasteiger partial charge in [-0.15, -0.1) is 0 Å². The number of Topliss-reactive ketones (excluding diaryl/α,β-unsaturated/α-hetero) is 1. The zero-order valence-electron chi connectivity index (χ0n) is 10.1. The van der Waals surface area contributed by atoms with Crippen LogP contribution < -0.4 is 10.5 Å². The van der Waals surface area contributed by atoms with Gasteiger partial charge in [-0.25, -0.2) is 4.39 Å². The van der Waals surface area contributed by atoms with Crippen molar-refractivity contribution in [3.8, 4) is 11.5 Å². The second-order valence-electron chi connectivity index (χ2n) is 3.99. The Labute approximate surface area is 114 Å². The summed E-state index contributed by atoms with van der Waals surface area (Å²) in [6, 6.07) is 8.50. The molecule has 0 aromatic heterocycles. The van der Waals surface area contributed by atoms with Crippen LogP contribution in [0.2, 0.25) is 5.02 Å². The molecule has 19 heavy (non-hydrogen) atoms. The number of ether oxygens (including phenoxy) is 1. The van der Waals surface area contributed by atoms with Crippen molar-refractivity contribution >= 4 is 23.1 Å². The number of carbonyl (C=O) groups excluding carboxylic acids is 1. The van der Waals surface area contributed by atoms with Crippen LogP contribution >= 0.6 is 11.6 Å². The van der Waals surface area contributed by atoms with Crippen molar-refractivity contribution in [1.82, 2.24) is 0 Å². The summed E-state index contributed by atoms with van der Waals surface area (Å²) in [6.45, 7) is 1.45. The van der Waals surface area contributed by atoms with E-state index in [-0.39, 0.29) is 10.8 Å². The molecular formula is C14H11ClFNO2. The number of halogens is 2. The van der Waals surface area contributed by atoms with Crippen molar-refractivity contribution in [1.29, 1.82) is 0 Å². The minimum atomic E-state index is -0.447. The van der Waals surface area contributed by atoms with Crippen LogP contribution in [0.3, 0.4) is 0 Å². The van der Waals surface area contributed by atoms with Crippen molar-refractivity contribution in [2.75, 3.05) is 5.73 Å². The van der Waals surface area contributed by atoms with Gasteiger partial charge in [0.2, 0.25) is 0 Å². The highest BCUT2D eigenvalue weighted by Gasteiger charge is 2.09. The van der Waals surface area contributed by atoms with E-state index >= 15 is 0 Å². The van der Waals surface area contributed by atoms with Gasteiger partial charge in [-0.1, -0.05) is 11.6 Å². The third kappa shape index (κ3) is 3.03. The number of carbonyl (C=O) groups is 1. The number of anilines is 1. The maximum atomic E-state index is 12.9. The number of hydrogen-bond acceptors (Lipinski definition) is 3. The van der Waals surface area contributed by atoms with Crippen LogP contribution in [0.15, 0.2) is 36.4 Å². The first kappa shape index (κ1) is 13.4. The van der Waals surface area contributed by atoms with Gasteiger partial charge in [-0.3, -0.25) is 4.79 Å². The molecule has 0 unspecified atom stereocenters. The normalized spacial score (nSPS) is 10.3. The van der Waals surface area contributed by atoms with E-state index in [9.17, 15) is 9.18 Å². The Morgan fingerprint density at radius 3 is 2.47 bits per heavy atom. The summed E-state index contributed by atoms with van der Waals surface area (Å²) in [6.07, 6.45) is 0. The first-order chi connectivity index (χ1) is 8.97. The van der Waals surface area contributed by atoms with Crippen molar-refractivity contribution in [3.63, 3.8) is 0 Å². The summed E-state index contributed by atoms with van der Waals surface area (Å²) in [4.78, 5) is 11.2. The lowest BCUT2D eigenvalue weighted by Gasteiger charge is -2.10. The lowest BCUT2D eigenvalue weighted by atomic mass is 10.1. The second-order valence-corrected chi connectivity index (χ2v) is 4.39.